The van der Waals surface area contributed by atoms with Gasteiger partial charge in [0.15, 0.2) is 0 Å². The Hall–Kier alpha value is -2.90. The van der Waals surface area contributed by atoms with Crippen molar-refractivity contribution in [3.63, 3.8) is 0 Å². The van der Waals surface area contributed by atoms with Crippen LogP contribution in [0.15, 0.2) is 48.7 Å². The summed E-state index contributed by atoms with van der Waals surface area (Å²) in [5, 5.41) is 10.7. The summed E-state index contributed by atoms with van der Waals surface area (Å²) in [7, 11) is 0. The molecule has 1 N–H and O–H groups in total. The highest BCUT2D eigenvalue weighted by atomic mass is 35.5. The lowest BCUT2D eigenvalue weighted by molar-refractivity contribution is -0.146. The topological polar surface area (TPSA) is 90.8 Å². The van der Waals surface area contributed by atoms with Crippen LogP contribution < -0.4 is 9.47 Å². The molecule has 1 heterocycles. The van der Waals surface area contributed by atoms with E-state index in [4.69, 9.17) is 25.8 Å². The van der Waals surface area contributed by atoms with Gasteiger partial charge in [-0.15, -0.1) is 0 Å². The van der Waals surface area contributed by atoms with Crippen LogP contribution in [0.2, 0.25) is 5.02 Å². The predicted molar refractivity (Wildman–Crippen MR) is 108 cm³/mol. The molecule has 2 atom stereocenters. The second-order valence-corrected chi connectivity index (χ2v) is 6.75. The van der Waals surface area contributed by atoms with E-state index in [9.17, 15) is 9.90 Å². The molecule has 0 aliphatic carbocycles. The van der Waals surface area contributed by atoms with Gasteiger partial charge in [-0.3, -0.25) is 4.79 Å². The number of ether oxygens (including phenoxy) is 3. The molecule has 2 aromatic carbocycles. The Bertz CT molecular complexity index is 980. The van der Waals surface area contributed by atoms with Crippen LogP contribution in [0.4, 0.5) is 0 Å². The Balaban J connectivity index is 1.60. The second-order valence-electron chi connectivity index (χ2n) is 6.31. The van der Waals surface area contributed by atoms with Gasteiger partial charge >= 0.3 is 5.97 Å². The summed E-state index contributed by atoms with van der Waals surface area (Å²) in [6.45, 7) is 3.68. The van der Waals surface area contributed by atoms with Crippen molar-refractivity contribution < 1.29 is 24.1 Å². The van der Waals surface area contributed by atoms with Crippen molar-refractivity contribution in [2.45, 2.75) is 32.5 Å². The maximum absolute atomic E-state index is 11.5. The number of aliphatic hydroxyl groups excluding tert-OH is 1. The summed E-state index contributed by atoms with van der Waals surface area (Å²) in [5.41, 5.74) is 1.36. The molecule has 7 nitrogen and oxygen atoms in total. The molecule has 3 aromatic rings. The van der Waals surface area contributed by atoms with E-state index in [1.165, 1.54) is 6.20 Å². The fraction of sp³-hybridized carbons (Fsp3) is 0.286. The summed E-state index contributed by atoms with van der Waals surface area (Å²) in [5.74, 6) is 0.983. The van der Waals surface area contributed by atoms with Crippen LogP contribution in [0.5, 0.6) is 17.4 Å². The van der Waals surface area contributed by atoms with Crippen LogP contribution in [0.3, 0.4) is 0 Å². The Morgan fingerprint density at radius 2 is 1.86 bits per heavy atom. The van der Waals surface area contributed by atoms with Gasteiger partial charge in [-0.05, 0) is 56.3 Å². The van der Waals surface area contributed by atoms with E-state index in [2.05, 4.69) is 9.97 Å². The minimum absolute atomic E-state index is 0.123. The molecule has 0 spiro atoms. The van der Waals surface area contributed by atoms with Crippen LogP contribution in [-0.2, 0) is 9.53 Å². The van der Waals surface area contributed by atoms with Gasteiger partial charge < -0.3 is 19.3 Å². The van der Waals surface area contributed by atoms with E-state index in [0.29, 0.717) is 33.4 Å². The molecule has 0 bridgehead atoms. The summed E-state index contributed by atoms with van der Waals surface area (Å²) < 4.78 is 16.2. The highest BCUT2D eigenvalue weighted by Gasteiger charge is 2.20. The number of aliphatic hydroxyl groups is 1. The first kappa shape index (κ1) is 20.8. The third-order valence-corrected chi connectivity index (χ3v) is 4.31. The van der Waals surface area contributed by atoms with Gasteiger partial charge in [-0.1, -0.05) is 11.6 Å². The van der Waals surface area contributed by atoms with Gasteiger partial charge in [0.2, 0.25) is 5.88 Å². The van der Waals surface area contributed by atoms with Crippen molar-refractivity contribution in [3.8, 4) is 17.4 Å². The average molecular weight is 417 g/mol. The van der Waals surface area contributed by atoms with E-state index in [1.54, 1.807) is 56.3 Å². The largest absolute Gasteiger partial charge is 0.488 e. The number of aromatic nitrogens is 2. The van der Waals surface area contributed by atoms with E-state index >= 15 is 0 Å². The summed E-state index contributed by atoms with van der Waals surface area (Å²) >= 11 is 5.95. The zero-order chi connectivity index (χ0) is 20.8. The molecular weight excluding hydrogens is 396 g/mol. The molecule has 3 rings (SSSR count). The van der Waals surface area contributed by atoms with E-state index < -0.39 is 18.2 Å². The molecular formula is C21H21ClN2O5. The smallest absolute Gasteiger partial charge is 0.308 e. The Labute approximate surface area is 173 Å². The van der Waals surface area contributed by atoms with Crippen LogP contribution >= 0.6 is 11.6 Å². The van der Waals surface area contributed by atoms with Gasteiger partial charge in [0, 0.05) is 5.02 Å². The molecule has 0 fully saturated rings. The molecule has 0 aliphatic rings. The molecule has 29 heavy (non-hydrogen) atoms. The minimum atomic E-state index is -0.966. The molecule has 2 unspecified atom stereocenters. The van der Waals surface area contributed by atoms with Gasteiger partial charge in [0.25, 0.3) is 0 Å². The summed E-state index contributed by atoms with van der Waals surface area (Å²) in [4.78, 5) is 20.1. The number of rotatable bonds is 8. The first-order valence-electron chi connectivity index (χ1n) is 9.15. The Morgan fingerprint density at radius 1 is 1.14 bits per heavy atom. The van der Waals surface area contributed by atoms with Crippen LogP contribution in [0, 0.1) is 0 Å². The quantitative estimate of drug-likeness (QED) is 0.551. The highest BCUT2D eigenvalue weighted by molar-refractivity contribution is 6.31. The second kappa shape index (κ2) is 9.54. The van der Waals surface area contributed by atoms with Gasteiger partial charge in [-0.2, -0.15) is 0 Å². The predicted octanol–water partition coefficient (Wildman–Crippen LogP) is 4.16. The van der Waals surface area contributed by atoms with Gasteiger partial charge in [0.1, 0.15) is 23.7 Å². The molecule has 0 radical (unpaired) electrons. The monoisotopic (exact) mass is 416 g/mol. The van der Waals surface area contributed by atoms with Crippen molar-refractivity contribution >= 4 is 28.6 Å². The zero-order valence-corrected chi connectivity index (χ0v) is 16.8. The molecule has 152 valence electrons. The molecule has 0 saturated heterocycles. The number of hydrogen-bond donors (Lipinski definition) is 1. The molecule has 1 aromatic heterocycles. The molecule has 0 aliphatic heterocycles. The number of benzene rings is 2. The van der Waals surface area contributed by atoms with Crippen molar-refractivity contribution in [2.75, 3.05) is 6.61 Å². The van der Waals surface area contributed by atoms with E-state index in [0.717, 1.165) is 0 Å². The number of carbonyl (C=O) groups excluding carboxylic acids is 1. The standard InChI is InChI=1S/C21H21ClN2O5/c1-3-27-21(26)11-19(25)13(2)28-15-5-7-16(8-6-15)29-20-12-23-18-10-14(22)4-9-17(18)24-20/h4-10,12-13,19,25H,3,11H2,1-2H3. The van der Waals surface area contributed by atoms with Crippen LogP contribution in [0.25, 0.3) is 11.0 Å². The van der Waals surface area contributed by atoms with Crippen molar-refractivity contribution in [1.82, 2.24) is 9.97 Å². The first-order chi connectivity index (χ1) is 13.9. The normalized spacial score (nSPS) is 13.0. The Morgan fingerprint density at radius 3 is 2.59 bits per heavy atom. The lowest BCUT2D eigenvalue weighted by atomic mass is 10.1. The number of hydrogen-bond acceptors (Lipinski definition) is 7. The third kappa shape index (κ3) is 5.79. The lowest BCUT2D eigenvalue weighted by Crippen LogP contribution is -2.31. The number of halogens is 1. The highest BCUT2D eigenvalue weighted by Crippen LogP contribution is 2.25. The number of carbonyl (C=O) groups is 1. The van der Waals surface area contributed by atoms with Gasteiger partial charge in [0.05, 0.1) is 30.3 Å². The lowest BCUT2D eigenvalue weighted by Gasteiger charge is -2.20. The van der Waals surface area contributed by atoms with Crippen molar-refractivity contribution in [1.29, 1.82) is 0 Å². The number of fused-ring (bicyclic) bond motifs is 1. The van der Waals surface area contributed by atoms with E-state index in [1.807, 2.05) is 0 Å². The van der Waals surface area contributed by atoms with E-state index in [-0.39, 0.29) is 13.0 Å². The fourth-order valence-electron chi connectivity index (χ4n) is 2.57. The summed E-state index contributed by atoms with van der Waals surface area (Å²) in [6, 6.07) is 12.1. The zero-order valence-electron chi connectivity index (χ0n) is 16.0. The SMILES string of the molecule is CCOC(=O)CC(O)C(C)Oc1ccc(Oc2cnc3cc(Cl)ccc3n2)cc1. The number of nitrogens with zero attached hydrogens (tertiary/aromatic N) is 2. The van der Waals surface area contributed by atoms with Gasteiger partial charge in [-0.25, -0.2) is 9.97 Å². The molecule has 0 saturated carbocycles. The Kier molecular flexibility index (Phi) is 6.85. The minimum Gasteiger partial charge on any atom is -0.488 e. The third-order valence-electron chi connectivity index (χ3n) is 4.07. The molecule has 0 amide bonds. The van der Waals surface area contributed by atoms with Crippen molar-refractivity contribution in [3.05, 3.63) is 53.7 Å². The molecule has 8 heteroatoms. The van der Waals surface area contributed by atoms with Crippen LogP contribution in [-0.4, -0.2) is 39.9 Å². The maximum atomic E-state index is 11.5. The van der Waals surface area contributed by atoms with Crippen molar-refractivity contribution in [2.24, 2.45) is 0 Å². The number of esters is 1. The van der Waals surface area contributed by atoms with Crippen LogP contribution in [0.1, 0.15) is 20.3 Å². The fourth-order valence-corrected chi connectivity index (χ4v) is 2.74. The average Bonchev–Trinajstić information content (AvgIpc) is 2.69. The first-order valence-corrected chi connectivity index (χ1v) is 9.53. The maximum Gasteiger partial charge on any atom is 0.308 e. The summed E-state index contributed by atoms with van der Waals surface area (Å²) in [6.07, 6.45) is -0.144.